The van der Waals surface area contributed by atoms with Gasteiger partial charge in [-0.15, -0.1) is 0 Å². The third-order valence-electron chi connectivity index (χ3n) is 5.26. The van der Waals surface area contributed by atoms with Crippen LogP contribution in [0, 0.1) is 11.7 Å². The number of hydrogen-bond acceptors (Lipinski definition) is 3. The van der Waals surface area contributed by atoms with Gasteiger partial charge in [0.15, 0.2) is 0 Å². The summed E-state index contributed by atoms with van der Waals surface area (Å²) >= 11 is 0. The molecule has 1 aromatic carbocycles. The summed E-state index contributed by atoms with van der Waals surface area (Å²) in [6, 6.07) is 7.00. The molecule has 6 heteroatoms. The normalized spacial score (nSPS) is 27.4. The minimum Gasteiger partial charge on any atom is -0.368 e. The standard InChI is InChI=1S/C18H27FN4O/c1-13-12-22(17-4-2-3-15(19)10-17)7-8-23(13)18(24)21-16-6-5-14(9-16)11-20/h2-4,10,13-14,16H,5-9,11-12,20H2,1H3,(H,21,24). The average molecular weight is 334 g/mol. The number of urea groups is 1. The third-order valence-corrected chi connectivity index (χ3v) is 5.26. The highest BCUT2D eigenvalue weighted by molar-refractivity contribution is 5.75. The van der Waals surface area contributed by atoms with Crippen molar-refractivity contribution in [3.8, 4) is 0 Å². The number of nitrogens with two attached hydrogens (primary N) is 1. The first-order valence-corrected chi connectivity index (χ1v) is 8.84. The van der Waals surface area contributed by atoms with Crippen LogP contribution in [0.5, 0.6) is 0 Å². The molecule has 0 bridgehead atoms. The Kier molecular flexibility index (Phi) is 5.23. The van der Waals surface area contributed by atoms with E-state index in [0.717, 1.165) is 31.5 Å². The molecule has 1 heterocycles. The van der Waals surface area contributed by atoms with Gasteiger partial charge in [-0.3, -0.25) is 0 Å². The first kappa shape index (κ1) is 17.0. The number of amides is 2. The van der Waals surface area contributed by atoms with Crippen molar-refractivity contribution in [2.24, 2.45) is 11.7 Å². The Hall–Kier alpha value is -1.82. The summed E-state index contributed by atoms with van der Waals surface area (Å²) in [6.45, 7) is 4.83. The molecule has 5 nitrogen and oxygen atoms in total. The summed E-state index contributed by atoms with van der Waals surface area (Å²) in [7, 11) is 0. The molecule has 1 saturated carbocycles. The van der Waals surface area contributed by atoms with Gasteiger partial charge in [-0.25, -0.2) is 9.18 Å². The van der Waals surface area contributed by atoms with E-state index < -0.39 is 0 Å². The lowest BCUT2D eigenvalue weighted by molar-refractivity contribution is 0.168. The quantitative estimate of drug-likeness (QED) is 0.891. The highest BCUT2D eigenvalue weighted by Crippen LogP contribution is 2.25. The Labute approximate surface area is 143 Å². The van der Waals surface area contributed by atoms with Gasteiger partial charge in [0.25, 0.3) is 0 Å². The van der Waals surface area contributed by atoms with E-state index in [2.05, 4.69) is 10.2 Å². The van der Waals surface area contributed by atoms with Crippen LogP contribution in [0.2, 0.25) is 0 Å². The van der Waals surface area contributed by atoms with Crippen LogP contribution in [0.1, 0.15) is 26.2 Å². The van der Waals surface area contributed by atoms with Crippen molar-refractivity contribution < 1.29 is 9.18 Å². The van der Waals surface area contributed by atoms with Gasteiger partial charge in [0, 0.05) is 37.4 Å². The molecule has 1 saturated heterocycles. The molecule has 1 aliphatic carbocycles. The molecule has 0 radical (unpaired) electrons. The van der Waals surface area contributed by atoms with Crippen LogP contribution in [0.3, 0.4) is 0 Å². The van der Waals surface area contributed by atoms with Crippen molar-refractivity contribution in [2.45, 2.75) is 38.3 Å². The van der Waals surface area contributed by atoms with Gasteiger partial charge in [0.05, 0.1) is 0 Å². The second-order valence-electron chi connectivity index (χ2n) is 7.03. The zero-order chi connectivity index (χ0) is 17.1. The third kappa shape index (κ3) is 3.80. The molecule has 24 heavy (non-hydrogen) atoms. The fraction of sp³-hybridized carbons (Fsp3) is 0.611. The number of piperazine rings is 1. The second kappa shape index (κ2) is 7.38. The lowest BCUT2D eigenvalue weighted by Gasteiger charge is -2.41. The molecule has 3 rings (SSSR count). The van der Waals surface area contributed by atoms with E-state index in [4.69, 9.17) is 5.73 Å². The number of benzene rings is 1. The Morgan fingerprint density at radius 1 is 1.38 bits per heavy atom. The van der Waals surface area contributed by atoms with Gasteiger partial charge in [-0.1, -0.05) is 6.07 Å². The maximum atomic E-state index is 13.4. The molecule has 1 aromatic rings. The molecule has 2 amide bonds. The average Bonchev–Trinajstić information content (AvgIpc) is 3.02. The zero-order valence-corrected chi connectivity index (χ0v) is 14.2. The maximum Gasteiger partial charge on any atom is 0.317 e. The van der Waals surface area contributed by atoms with E-state index in [0.29, 0.717) is 25.6 Å². The van der Waals surface area contributed by atoms with Gasteiger partial charge in [-0.2, -0.15) is 0 Å². The first-order chi connectivity index (χ1) is 11.6. The summed E-state index contributed by atoms with van der Waals surface area (Å²) in [5, 5.41) is 3.16. The van der Waals surface area contributed by atoms with E-state index in [-0.39, 0.29) is 23.9 Å². The van der Waals surface area contributed by atoms with Crippen molar-refractivity contribution in [3.05, 3.63) is 30.1 Å². The van der Waals surface area contributed by atoms with Crippen LogP contribution >= 0.6 is 0 Å². The maximum absolute atomic E-state index is 13.4. The largest absolute Gasteiger partial charge is 0.368 e. The molecule has 3 N–H and O–H groups in total. The minimum absolute atomic E-state index is 0.0177. The molecule has 3 atom stereocenters. The molecule has 0 aromatic heterocycles. The first-order valence-electron chi connectivity index (χ1n) is 8.84. The summed E-state index contributed by atoms with van der Waals surface area (Å²) in [5.74, 6) is 0.313. The smallest absolute Gasteiger partial charge is 0.317 e. The molecule has 3 unspecified atom stereocenters. The SMILES string of the molecule is CC1CN(c2cccc(F)c2)CCN1C(=O)NC1CCC(CN)C1. The topological polar surface area (TPSA) is 61.6 Å². The van der Waals surface area contributed by atoms with Gasteiger partial charge >= 0.3 is 6.03 Å². The number of nitrogens with zero attached hydrogens (tertiary/aromatic N) is 2. The number of carbonyl (C=O) groups is 1. The van der Waals surface area contributed by atoms with Crippen molar-refractivity contribution in [3.63, 3.8) is 0 Å². The molecule has 1 aliphatic heterocycles. The second-order valence-corrected chi connectivity index (χ2v) is 7.03. The van der Waals surface area contributed by atoms with Crippen molar-refractivity contribution >= 4 is 11.7 Å². The van der Waals surface area contributed by atoms with Crippen molar-refractivity contribution in [1.82, 2.24) is 10.2 Å². The van der Waals surface area contributed by atoms with Crippen LogP contribution < -0.4 is 16.0 Å². The lowest BCUT2D eigenvalue weighted by atomic mass is 10.1. The lowest BCUT2D eigenvalue weighted by Crippen LogP contribution is -2.57. The van der Waals surface area contributed by atoms with E-state index >= 15 is 0 Å². The van der Waals surface area contributed by atoms with Gasteiger partial charge in [-0.05, 0) is 56.8 Å². The molecule has 2 aliphatic rings. The summed E-state index contributed by atoms with van der Waals surface area (Å²) < 4.78 is 13.4. The fourth-order valence-electron chi connectivity index (χ4n) is 3.84. The van der Waals surface area contributed by atoms with Crippen LogP contribution in [0.25, 0.3) is 0 Å². The van der Waals surface area contributed by atoms with Crippen LogP contribution in [0.4, 0.5) is 14.9 Å². The number of hydrogen-bond donors (Lipinski definition) is 2. The number of rotatable bonds is 3. The van der Waals surface area contributed by atoms with Gasteiger partial charge in [0.1, 0.15) is 5.82 Å². The molecular weight excluding hydrogens is 307 g/mol. The Morgan fingerprint density at radius 2 is 2.21 bits per heavy atom. The van der Waals surface area contributed by atoms with Gasteiger partial charge < -0.3 is 20.9 Å². The number of anilines is 1. The summed E-state index contributed by atoms with van der Waals surface area (Å²) in [5.41, 5.74) is 6.60. The molecular formula is C18H27FN4O. The highest BCUT2D eigenvalue weighted by Gasteiger charge is 2.31. The minimum atomic E-state index is -0.226. The van der Waals surface area contributed by atoms with E-state index in [1.54, 1.807) is 12.1 Å². The fourth-order valence-corrected chi connectivity index (χ4v) is 3.84. The highest BCUT2D eigenvalue weighted by atomic mass is 19.1. The van der Waals surface area contributed by atoms with Crippen LogP contribution in [-0.4, -0.2) is 49.2 Å². The Balaban J connectivity index is 1.54. The Bertz CT molecular complexity index is 582. The monoisotopic (exact) mass is 334 g/mol. The predicted molar refractivity (Wildman–Crippen MR) is 93.5 cm³/mol. The van der Waals surface area contributed by atoms with Crippen LogP contribution in [-0.2, 0) is 0 Å². The Morgan fingerprint density at radius 3 is 2.88 bits per heavy atom. The summed E-state index contributed by atoms with van der Waals surface area (Å²) in [4.78, 5) is 16.6. The zero-order valence-electron chi connectivity index (χ0n) is 14.2. The van der Waals surface area contributed by atoms with Crippen molar-refractivity contribution in [1.29, 1.82) is 0 Å². The molecule has 0 spiro atoms. The predicted octanol–water partition coefficient (Wildman–Crippen LogP) is 2.17. The van der Waals surface area contributed by atoms with Gasteiger partial charge in [0.2, 0.25) is 0 Å². The number of halogens is 1. The number of nitrogens with one attached hydrogen (secondary N) is 1. The number of carbonyl (C=O) groups excluding carboxylic acids is 1. The summed E-state index contributed by atoms with van der Waals surface area (Å²) in [6.07, 6.45) is 3.11. The molecule has 2 fully saturated rings. The van der Waals surface area contributed by atoms with E-state index in [1.807, 2.05) is 17.9 Å². The van der Waals surface area contributed by atoms with E-state index in [1.165, 1.54) is 6.07 Å². The van der Waals surface area contributed by atoms with Crippen LogP contribution in [0.15, 0.2) is 24.3 Å². The molecule has 132 valence electrons. The van der Waals surface area contributed by atoms with Crippen molar-refractivity contribution in [2.75, 3.05) is 31.1 Å². The van der Waals surface area contributed by atoms with E-state index in [9.17, 15) is 9.18 Å².